The van der Waals surface area contributed by atoms with Gasteiger partial charge in [0, 0.05) is 12.5 Å². The van der Waals surface area contributed by atoms with Crippen molar-refractivity contribution >= 4 is 0 Å². The Morgan fingerprint density at radius 3 is 1.99 bits per heavy atom. The van der Waals surface area contributed by atoms with E-state index in [4.69, 9.17) is 47.4 Å². The molecule has 4 aliphatic carbocycles. The summed E-state index contributed by atoms with van der Waals surface area (Å²) in [5.41, 5.74) is 2.27. The molecule has 5 saturated heterocycles. The minimum Gasteiger partial charge on any atom is -0.394 e. The van der Waals surface area contributed by atoms with Gasteiger partial charge in [-0.05, 0) is 125 Å². The average molecular weight is 1070 g/mol. The van der Waals surface area contributed by atoms with Crippen LogP contribution < -0.4 is 0 Å². The second-order valence-corrected chi connectivity index (χ2v) is 25.2. The maximum Gasteiger partial charge on any atom is 0.187 e. The van der Waals surface area contributed by atoms with Crippen molar-refractivity contribution in [1.82, 2.24) is 0 Å². The van der Waals surface area contributed by atoms with Gasteiger partial charge >= 0.3 is 0 Å². The van der Waals surface area contributed by atoms with Gasteiger partial charge in [-0.25, -0.2) is 0 Å². The molecule has 10 N–H and O–H groups in total. The molecule has 0 aromatic rings. The number of ether oxygens (including phenoxy) is 10. The van der Waals surface area contributed by atoms with E-state index < -0.39 is 141 Å². The SMILES string of the molecule is CCOC1OC(C=C(C)C)CC1C1CCC2(C)C3=CCC4C(C)(C)C(OC5OC(CO)C(O)C(OC6OC(C)C(O)C(O)C6O)C5OC5OC(C)C(O)C(OC6OCC(O)C(O)C6O)C5O)CCC4(C)C3CCC12C. The third kappa shape index (κ3) is 10.2. The smallest absolute Gasteiger partial charge is 0.187 e. The van der Waals surface area contributed by atoms with Crippen molar-refractivity contribution in [3.8, 4) is 0 Å². The van der Waals surface area contributed by atoms with Crippen molar-refractivity contribution in [2.24, 2.45) is 45.3 Å². The van der Waals surface area contributed by atoms with E-state index in [-0.39, 0.29) is 34.6 Å². The molecule has 5 heterocycles. The van der Waals surface area contributed by atoms with Crippen LogP contribution in [0.4, 0.5) is 0 Å². The van der Waals surface area contributed by atoms with E-state index in [1.807, 2.05) is 6.92 Å². The van der Waals surface area contributed by atoms with Crippen molar-refractivity contribution in [1.29, 1.82) is 0 Å². The van der Waals surface area contributed by atoms with Gasteiger partial charge in [0.1, 0.15) is 79.4 Å². The Bertz CT molecular complexity index is 2020. The van der Waals surface area contributed by atoms with Crippen LogP contribution in [0, 0.1) is 45.3 Å². The molecule has 8 fully saturated rings. The van der Waals surface area contributed by atoms with Crippen LogP contribution in [0.2, 0.25) is 0 Å². The number of hydrogen-bond donors (Lipinski definition) is 10. The summed E-state index contributed by atoms with van der Waals surface area (Å²) in [5, 5.41) is 110. The van der Waals surface area contributed by atoms with E-state index in [1.165, 1.54) is 19.4 Å². The summed E-state index contributed by atoms with van der Waals surface area (Å²) in [6.45, 7) is 20.7. The van der Waals surface area contributed by atoms with Gasteiger partial charge in [-0.1, -0.05) is 57.9 Å². The molecule has 0 aromatic carbocycles. The van der Waals surface area contributed by atoms with Crippen LogP contribution in [0.3, 0.4) is 0 Å². The summed E-state index contributed by atoms with van der Waals surface area (Å²) in [4.78, 5) is 0. The Morgan fingerprint density at radius 2 is 1.31 bits per heavy atom. The molecular weight excluding hydrogens is 981 g/mol. The summed E-state index contributed by atoms with van der Waals surface area (Å²) in [6, 6.07) is 0. The zero-order valence-electron chi connectivity index (χ0n) is 45.5. The van der Waals surface area contributed by atoms with Crippen LogP contribution in [0.25, 0.3) is 0 Å². The average Bonchev–Trinajstić information content (AvgIpc) is 3.89. The third-order valence-corrected chi connectivity index (χ3v) is 20.4. The lowest BCUT2D eigenvalue weighted by molar-refractivity contribution is -0.402. The number of allylic oxidation sites excluding steroid dienone is 3. The highest BCUT2D eigenvalue weighted by Gasteiger charge is 2.67. The lowest BCUT2D eigenvalue weighted by atomic mass is 9.41. The van der Waals surface area contributed by atoms with E-state index in [0.717, 1.165) is 44.9 Å². The van der Waals surface area contributed by atoms with Gasteiger partial charge in [0.25, 0.3) is 0 Å². The highest BCUT2D eigenvalue weighted by molar-refractivity contribution is 5.33. The summed E-state index contributed by atoms with van der Waals surface area (Å²) in [5.74, 6) is 1.24. The molecule has 5 aliphatic heterocycles. The van der Waals surface area contributed by atoms with E-state index in [0.29, 0.717) is 30.8 Å². The van der Waals surface area contributed by atoms with Gasteiger partial charge in [-0.2, -0.15) is 0 Å². The van der Waals surface area contributed by atoms with E-state index in [1.54, 1.807) is 5.57 Å². The fourth-order valence-corrected chi connectivity index (χ4v) is 15.9. The number of hydrogen-bond acceptors (Lipinski definition) is 20. The molecule has 0 aromatic heterocycles. The number of rotatable bonds is 13. The Balaban J connectivity index is 0.990. The van der Waals surface area contributed by atoms with Gasteiger partial charge in [-0.3, -0.25) is 0 Å². The fraction of sp³-hybridized carbons (Fsp3) is 0.927. The molecule has 20 heteroatoms. The maximum absolute atomic E-state index is 11.9. The number of aliphatic hydroxyl groups is 10. The number of aliphatic hydroxyl groups excluding tert-OH is 10. The first-order chi connectivity index (χ1) is 35.3. The van der Waals surface area contributed by atoms with Crippen LogP contribution in [0.15, 0.2) is 23.3 Å². The normalized spacial score (nSPS) is 53.8. The molecule has 0 radical (unpaired) electrons. The second-order valence-electron chi connectivity index (χ2n) is 25.2. The topological polar surface area (TPSA) is 295 Å². The summed E-state index contributed by atoms with van der Waals surface area (Å²) >= 11 is 0. The van der Waals surface area contributed by atoms with Gasteiger partial charge in [0.15, 0.2) is 31.5 Å². The lowest BCUT2D eigenvalue weighted by Gasteiger charge is -2.65. The molecule has 0 spiro atoms. The van der Waals surface area contributed by atoms with Crippen LogP contribution in [-0.2, 0) is 47.4 Å². The van der Waals surface area contributed by atoms with Crippen molar-refractivity contribution in [3.05, 3.63) is 23.3 Å². The standard InChI is InChI=1S/C55H90O20/c1-11-66-47-28(21-27(70-47)20-24(2)3)29-14-18-55(10)31-12-13-34-52(6,7)35(16-17-53(34,8)30(31)15-19-54(29,55)9)72-51-46(45(39(61)33(22-56)71-51)74-49-42(64)40(62)36(58)25(4)68-49)75-50-43(65)44(37(59)26(5)69-50)73-48-41(63)38(60)32(57)23-67-48/h12,20,25-30,32-51,56-65H,11,13-19,21-23H2,1-10H3. The third-order valence-electron chi connectivity index (χ3n) is 20.4. The monoisotopic (exact) mass is 1070 g/mol. The maximum atomic E-state index is 11.9. The molecule has 0 bridgehead atoms. The quantitative estimate of drug-likeness (QED) is 0.117. The first kappa shape index (κ1) is 58.3. The molecule has 20 nitrogen and oxygen atoms in total. The molecule has 3 saturated carbocycles. The van der Waals surface area contributed by atoms with E-state index in [2.05, 4.69) is 60.6 Å². The van der Waals surface area contributed by atoms with Crippen LogP contribution in [0.1, 0.15) is 121 Å². The number of fused-ring (bicyclic) bond motifs is 5. The van der Waals surface area contributed by atoms with Crippen molar-refractivity contribution in [2.45, 2.75) is 256 Å². The molecule has 75 heavy (non-hydrogen) atoms. The predicted octanol–water partition coefficient (Wildman–Crippen LogP) is 1.68. The molecule has 29 unspecified atom stereocenters. The minimum absolute atomic E-state index is 0.00898. The van der Waals surface area contributed by atoms with Gasteiger partial charge < -0.3 is 98.4 Å². The second kappa shape index (κ2) is 22.2. The van der Waals surface area contributed by atoms with Crippen LogP contribution >= 0.6 is 0 Å². The van der Waals surface area contributed by atoms with E-state index in [9.17, 15) is 51.1 Å². The summed E-state index contributed by atoms with van der Waals surface area (Å²) in [6.07, 6.45) is -17.8. The molecular formula is C55H90O20. The zero-order valence-corrected chi connectivity index (χ0v) is 45.5. The van der Waals surface area contributed by atoms with Crippen molar-refractivity contribution in [2.75, 3.05) is 19.8 Å². The molecule has 29 atom stereocenters. The fourth-order valence-electron chi connectivity index (χ4n) is 15.9. The minimum atomic E-state index is -1.85. The Kier molecular flexibility index (Phi) is 17.3. The summed E-state index contributed by atoms with van der Waals surface area (Å²) in [7, 11) is 0. The van der Waals surface area contributed by atoms with Gasteiger partial charge in [0.05, 0.1) is 37.6 Å². The van der Waals surface area contributed by atoms with Crippen LogP contribution in [0.5, 0.6) is 0 Å². The zero-order chi connectivity index (χ0) is 54.4. The largest absolute Gasteiger partial charge is 0.394 e. The van der Waals surface area contributed by atoms with Crippen LogP contribution in [-0.4, -0.2) is 206 Å². The molecule has 430 valence electrons. The first-order valence-electron chi connectivity index (χ1n) is 27.9. The Morgan fingerprint density at radius 1 is 0.653 bits per heavy atom. The Labute approximate surface area is 441 Å². The molecule has 0 amide bonds. The molecule has 9 aliphatic rings. The highest BCUT2D eigenvalue weighted by atomic mass is 16.8. The highest BCUT2D eigenvalue weighted by Crippen LogP contribution is 2.74. The first-order valence-corrected chi connectivity index (χ1v) is 27.9. The lowest BCUT2D eigenvalue weighted by Crippen LogP contribution is -2.68. The van der Waals surface area contributed by atoms with Gasteiger partial charge in [0.2, 0.25) is 0 Å². The van der Waals surface area contributed by atoms with Crippen molar-refractivity contribution in [3.63, 3.8) is 0 Å². The molecule has 9 rings (SSSR count). The van der Waals surface area contributed by atoms with Gasteiger partial charge in [-0.15, -0.1) is 0 Å². The van der Waals surface area contributed by atoms with Crippen molar-refractivity contribution < 1.29 is 98.4 Å². The van der Waals surface area contributed by atoms with E-state index >= 15 is 0 Å². The summed E-state index contributed by atoms with van der Waals surface area (Å²) < 4.78 is 62.6. The Hall–Kier alpha value is -1.32. The predicted molar refractivity (Wildman–Crippen MR) is 265 cm³/mol.